The van der Waals surface area contributed by atoms with Crippen LogP contribution >= 0.6 is 27.5 Å². The topological polar surface area (TPSA) is 35.0 Å². The van der Waals surface area contributed by atoms with Crippen LogP contribution < -0.4 is 4.74 Å². The lowest BCUT2D eigenvalue weighted by atomic mass is 10.6. The smallest absolute Gasteiger partial charge is 0.233 e. The zero-order valence-corrected chi connectivity index (χ0v) is 8.26. The summed E-state index contributed by atoms with van der Waals surface area (Å²) in [4.78, 5) is 7.52. The summed E-state index contributed by atoms with van der Waals surface area (Å²) in [6, 6.07) is 0. The van der Waals surface area contributed by atoms with E-state index in [1.54, 1.807) is 0 Å². The van der Waals surface area contributed by atoms with Crippen molar-refractivity contribution in [1.82, 2.24) is 9.97 Å². The highest BCUT2D eigenvalue weighted by Crippen LogP contribution is 2.21. The number of hydrogen-bond acceptors (Lipinski definition) is 3. The molecular formula is C7H4BrClN2O. The van der Waals surface area contributed by atoms with E-state index in [0.29, 0.717) is 10.4 Å². The van der Waals surface area contributed by atoms with Crippen LogP contribution in [0.3, 0.4) is 0 Å². The first-order valence-corrected chi connectivity index (χ1v) is 4.15. The van der Waals surface area contributed by atoms with Crippen molar-refractivity contribution in [3.63, 3.8) is 0 Å². The fourth-order valence-electron chi connectivity index (χ4n) is 0.542. The Morgan fingerprint density at radius 2 is 2.50 bits per heavy atom. The predicted octanol–water partition coefficient (Wildman–Crippen LogP) is 1.90. The van der Waals surface area contributed by atoms with Crippen LogP contribution in [0.1, 0.15) is 0 Å². The lowest BCUT2D eigenvalue weighted by Crippen LogP contribution is -1.97. The second-order valence-corrected chi connectivity index (χ2v) is 2.98. The Morgan fingerprint density at radius 1 is 1.75 bits per heavy atom. The van der Waals surface area contributed by atoms with Gasteiger partial charge in [-0.05, 0) is 27.5 Å². The third-order valence-electron chi connectivity index (χ3n) is 0.975. The highest BCUT2D eigenvalue weighted by atomic mass is 79.9. The summed E-state index contributed by atoms with van der Waals surface area (Å²) in [5.74, 6) is 2.67. The Morgan fingerprint density at radius 3 is 3.17 bits per heavy atom. The fraction of sp³-hybridized carbons (Fsp3) is 0.143. The Bertz CT molecular complexity index is 324. The molecule has 1 heterocycles. The molecule has 12 heavy (non-hydrogen) atoms. The number of rotatable bonds is 2. The molecule has 1 rings (SSSR count). The van der Waals surface area contributed by atoms with Crippen LogP contribution in [0.2, 0.25) is 5.28 Å². The van der Waals surface area contributed by atoms with Crippen LogP contribution in [0, 0.1) is 12.3 Å². The zero-order chi connectivity index (χ0) is 8.97. The van der Waals surface area contributed by atoms with Gasteiger partial charge < -0.3 is 4.74 Å². The molecule has 5 heteroatoms. The van der Waals surface area contributed by atoms with Crippen LogP contribution in [0.5, 0.6) is 5.88 Å². The van der Waals surface area contributed by atoms with Gasteiger partial charge in [0.2, 0.25) is 11.2 Å². The van der Waals surface area contributed by atoms with Gasteiger partial charge in [0.1, 0.15) is 0 Å². The molecule has 1 aromatic rings. The van der Waals surface area contributed by atoms with Crippen LogP contribution in [0.15, 0.2) is 10.7 Å². The van der Waals surface area contributed by atoms with Crippen molar-refractivity contribution in [2.45, 2.75) is 0 Å². The molecule has 0 spiro atoms. The van der Waals surface area contributed by atoms with Crippen molar-refractivity contribution >= 4 is 27.5 Å². The van der Waals surface area contributed by atoms with Gasteiger partial charge in [-0.15, -0.1) is 6.42 Å². The standard InChI is InChI=1S/C7H4BrClN2O/c1-2-3-12-6-5(8)4-10-7(9)11-6/h1,4H,3H2. The number of aromatic nitrogens is 2. The first-order chi connectivity index (χ1) is 5.74. The Balaban J connectivity index is 2.84. The maximum Gasteiger partial charge on any atom is 0.233 e. The summed E-state index contributed by atoms with van der Waals surface area (Å²) < 4.78 is 5.68. The summed E-state index contributed by atoms with van der Waals surface area (Å²) in [5.41, 5.74) is 0. The summed E-state index contributed by atoms with van der Waals surface area (Å²) in [7, 11) is 0. The summed E-state index contributed by atoms with van der Waals surface area (Å²) in [6.45, 7) is 0.159. The molecule has 0 radical (unpaired) electrons. The van der Waals surface area contributed by atoms with Gasteiger partial charge in [0, 0.05) is 6.20 Å². The van der Waals surface area contributed by atoms with Crippen molar-refractivity contribution in [2.24, 2.45) is 0 Å². The third-order valence-corrected chi connectivity index (χ3v) is 1.70. The molecule has 1 aromatic heterocycles. The molecule has 0 aromatic carbocycles. The van der Waals surface area contributed by atoms with Crippen molar-refractivity contribution in [1.29, 1.82) is 0 Å². The predicted molar refractivity (Wildman–Crippen MR) is 49.1 cm³/mol. The van der Waals surface area contributed by atoms with E-state index >= 15 is 0 Å². The molecule has 0 fully saturated rings. The molecule has 0 bridgehead atoms. The largest absolute Gasteiger partial charge is 0.464 e. The van der Waals surface area contributed by atoms with E-state index in [-0.39, 0.29) is 11.9 Å². The van der Waals surface area contributed by atoms with Crippen LogP contribution in [0.4, 0.5) is 0 Å². The number of nitrogens with zero attached hydrogens (tertiary/aromatic N) is 2. The Hall–Kier alpha value is -0.790. The minimum Gasteiger partial charge on any atom is -0.464 e. The van der Waals surface area contributed by atoms with Crippen LogP contribution in [-0.4, -0.2) is 16.6 Å². The van der Waals surface area contributed by atoms with Crippen LogP contribution in [-0.2, 0) is 0 Å². The highest BCUT2D eigenvalue weighted by Gasteiger charge is 2.03. The second kappa shape index (κ2) is 4.29. The van der Waals surface area contributed by atoms with E-state index < -0.39 is 0 Å². The number of terminal acetylenes is 1. The normalized spacial score (nSPS) is 9.08. The van der Waals surface area contributed by atoms with E-state index in [4.69, 9.17) is 22.8 Å². The monoisotopic (exact) mass is 246 g/mol. The van der Waals surface area contributed by atoms with E-state index in [1.807, 2.05) is 0 Å². The molecule has 0 amide bonds. The van der Waals surface area contributed by atoms with Gasteiger partial charge in [0.15, 0.2) is 6.61 Å². The maximum atomic E-state index is 5.52. The highest BCUT2D eigenvalue weighted by molar-refractivity contribution is 9.10. The van der Waals surface area contributed by atoms with Gasteiger partial charge in [-0.1, -0.05) is 5.92 Å². The summed E-state index contributed by atoms with van der Waals surface area (Å²) >= 11 is 8.70. The Kier molecular flexibility index (Phi) is 3.32. The lowest BCUT2D eigenvalue weighted by molar-refractivity contribution is 0.352. The molecule has 0 atom stereocenters. The molecule has 0 aliphatic carbocycles. The van der Waals surface area contributed by atoms with Gasteiger partial charge in [-0.2, -0.15) is 4.98 Å². The van der Waals surface area contributed by atoms with Crippen molar-refractivity contribution in [3.05, 3.63) is 16.0 Å². The van der Waals surface area contributed by atoms with Gasteiger partial charge in [-0.3, -0.25) is 0 Å². The lowest BCUT2D eigenvalue weighted by Gasteiger charge is -2.02. The zero-order valence-electron chi connectivity index (χ0n) is 5.92. The van der Waals surface area contributed by atoms with E-state index in [2.05, 4.69) is 31.8 Å². The summed E-state index contributed by atoms with van der Waals surface area (Å²) in [5, 5.41) is 0.130. The number of ether oxygens (including phenoxy) is 1. The SMILES string of the molecule is C#CCOc1nc(Cl)ncc1Br. The third kappa shape index (κ3) is 2.36. The molecule has 0 saturated heterocycles. The maximum absolute atomic E-state index is 5.52. The van der Waals surface area contributed by atoms with Crippen molar-refractivity contribution < 1.29 is 4.74 Å². The Labute approximate surface area is 83.2 Å². The number of hydrogen-bond donors (Lipinski definition) is 0. The minimum atomic E-state index is 0.130. The van der Waals surface area contributed by atoms with Gasteiger partial charge in [-0.25, -0.2) is 4.98 Å². The first-order valence-electron chi connectivity index (χ1n) is 2.98. The average molecular weight is 247 g/mol. The minimum absolute atomic E-state index is 0.130. The second-order valence-electron chi connectivity index (χ2n) is 1.78. The summed E-state index contributed by atoms with van der Waals surface area (Å²) in [6.07, 6.45) is 6.50. The molecular weight excluding hydrogens is 243 g/mol. The van der Waals surface area contributed by atoms with Crippen molar-refractivity contribution in [3.8, 4) is 18.2 Å². The molecule has 0 unspecified atom stereocenters. The average Bonchev–Trinajstić information content (AvgIpc) is 2.07. The van der Waals surface area contributed by atoms with E-state index in [1.165, 1.54) is 6.20 Å². The molecule has 3 nitrogen and oxygen atoms in total. The molecule has 0 saturated carbocycles. The molecule has 62 valence electrons. The van der Waals surface area contributed by atoms with Crippen molar-refractivity contribution in [2.75, 3.05) is 6.61 Å². The quantitative estimate of drug-likeness (QED) is 0.591. The number of halogens is 2. The van der Waals surface area contributed by atoms with Gasteiger partial charge in [0.25, 0.3) is 0 Å². The van der Waals surface area contributed by atoms with Gasteiger partial charge in [0.05, 0.1) is 4.47 Å². The molecule has 0 aliphatic rings. The fourth-order valence-corrected chi connectivity index (χ4v) is 0.974. The van der Waals surface area contributed by atoms with Crippen LogP contribution in [0.25, 0.3) is 0 Å². The van der Waals surface area contributed by atoms with E-state index in [9.17, 15) is 0 Å². The molecule has 0 aliphatic heterocycles. The molecule has 0 N–H and O–H groups in total. The van der Waals surface area contributed by atoms with E-state index in [0.717, 1.165) is 0 Å². The van der Waals surface area contributed by atoms with Gasteiger partial charge >= 0.3 is 0 Å². The first kappa shape index (κ1) is 9.30.